The number of carbonyl (C=O) groups is 1. The lowest BCUT2D eigenvalue weighted by Crippen LogP contribution is -2.21. The van der Waals surface area contributed by atoms with Crippen molar-refractivity contribution in [2.75, 3.05) is 0 Å². The molecule has 0 fully saturated rings. The summed E-state index contributed by atoms with van der Waals surface area (Å²) in [5.41, 5.74) is 4.34. The Labute approximate surface area is 162 Å². The van der Waals surface area contributed by atoms with Crippen LogP contribution in [0.5, 0.6) is 0 Å². The monoisotopic (exact) mass is 375 g/mol. The molecule has 4 rings (SSSR count). The molecular formula is C22H21N3OS. The molecule has 0 aliphatic carbocycles. The number of amides is 1. The van der Waals surface area contributed by atoms with Crippen LogP contribution in [0.3, 0.4) is 0 Å². The third kappa shape index (κ3) is 3.51. The zero-order valence-corrected chi connectivity index (χ0v) is 16.2. The second-order valence-electron chi connectivity index (χ2n) is 6.51. The van der Waals surface area contributed by atoms with Crippen LogP contribution in [-0.4, -0.2) is 15.7 Å². The molecule has 0 atom stereocenters. The summed E-state index contributed by atoms with van der Waals surface area (Å²) >= 11 is 1.48. The summed E-state index contributed by atoms with van der Waals surface area (Å²) in [6, 6.07) is 20.3. The fraction of sp³-hybridized carbons (Fsp3) is 0.182. The van der Waals surface area contributed by atoms with Crippen LogP contribution in [0.4, 0.5) is 0 Å². The molecule has 1 N–H and O–H groups in total. The summed E-state index contributed by atoms with van der Waals surface area (Å²) < 4.78 is 1.91. The maximum atomic E-state index is 12.6. The smallest absolute Gasteiger partial charge is 0.261 e. The number of fused-ring (bicyclic) bond motifs is 1. The van der Waals surface area contributed by atoms with Crippen molar-refractivity contribution in [3.8, 4) is 5.69 Å². The zero-order valence-electron chi connectivity index (χ0n) is 15.4. The molecule has 0 saturated heterocycles. The minimum Gasteiger partial charge on any atom is -0.347 e. The molecule has 0 radical (unpaired) electrons. The molecule has 136 valence electrons. The van der Waals surface area contributed by atoms with Crippen LogP contribution < -0.4 is 5.32 Å². The topological polar surface area (TPSA) is 46.9 Å². The van der Waals surface area contributed by atoms with Gasteiger partial charge in [-0.2, -0.15) is 5.10 Å². The number of carbonyl (C=O) groups excluding carboxylic acids is 1. The lowest BCUT2D eigenvalue weighted by atomic mass is 10.1. The average Bonchev–Trinajstić information content (AvgIpc) is 3.28. The third-order valence-electron chi connectivity index (χ3n) is 4.65. The van der Waals surface area contributed by atoms with E-state index in [1.807, 2.05) is 48.0 Å². The molecule has 0 spiro atoms. The molecule has 0 saturated carbocycles. The van der Waals surface area contributed by atoms with E-state index in [1.165, 1.54) is 16.9 Å². The van der Waals surface area contributed by atoms with E-state index in [9.17, 15) is 4.79 Å². The second kappa shape index (κ2) is 7.37. The predicted molar refractivity (Wildman–Crippen MR) is 111 cm³/mol. The summed E-state index contributed by atoms with van der Waals surface area (Å²) in [4.78, 5) is 14.3. The highest BCUT2D eigenvalue weighted by atomic mass is 32.1. The van der Waals surface area contributed by atoms with Gasteiger partial charge in [-0.3, -0.25) is 4.79 Å². The fourth-order valence-electron chi connectivity index (χ4n) is 3.07. The van der Waals surface area contributed by atoms with Gasteiger partial charge < -0.3 is 5.32 Å². The number of benzene rings is 2. The van der Waals surface area contributed by atoms with Crippen molar-refractivity contribution >= 4 is 27.5 Å². The van der Waals surface area contributed by atoms with Crippen molar-refractivity contribution in [1.82, 2.24) is 15.1 Å². The molecule has 5 heteroatoms. The first kappa shape index (κ1) is 17.5. The fourth-order valence-corrected chi connectivity index (χ4v) is 4.16. The highest BCUT2D eigenvalue weighted by Gasteiger charge is 2.17. The van der Waals surface area contributed by atoms with E-state index in [0.717, 1.165) is 33.6 Å². The summed E-state index contributed by atoms with van der Waals surface area (Å²) in [5.74, 6) is -0.0465. The van der Waals surface area contributed by atoms with Crippen molar-refractivity contribution < 1.29 is 4.79 Å². The second-order valence-corrected chi connectivity index (χ2v) is 7.55. The Balaban J connectivity index is 1.55. The standard InChI is InChI=1S/C22H21N3OS/c1-3-16-9-11-17(12-10-16)14-23-21(26)20-13-19-15(2)24-25(22(19)27-20)18-7-5-4-6-8-18/h4-13H,3,14H2,1-2H3,(H,23,26). The number of thiophene rings is 1. The van der Waals surface area contributed by atoms with Crippen LogP contribution in [0.1, 0.15) is 33.4 Å². The predicted octanol–water partition coefficient (Wildman–Crippen LogP) is 4.89. The van der Waals surface area contributed by atoms with E-state index < -0.39 is 0 Å². The van der Waals surface area contributed by atoms with E-state index in [-0.39, 0.29) is 5.91 Å². The van der Waals surface area contributed by atoms with Crippen molar-refractivity contribution in [2.24, 2.45) is 0 Å². The van der Waals surface area contributed by atoms with Gasteiger partial charge in [0.2, 0.25) is 0 Å². The molecule has 0 aliphatic heterocycles. The molecule has 27 heavy (non-hydrogen) atoms. The maximum absolute atomic E-state index is 12.6. The summed E-state index contributed by atoms with van der Waals surface area (Å²) in [7, 11) is 0. The highest BCUT2D eigenvalue weighted by molar-refractivity contribution is 7.20. The number of nitrogens with one attached hydrogen (secondary N) is 1. The number of aryl methyl sites for hydroxylation is 2. The molecule has 2 aromatic carbocycles. The molecule has 4 nitrogen and oxygen atoms in total. The van der Waals surface area contributed by atoms with Crippen LogP contribution in [0.2, 0.25) is 0 Å². The first-order chi connectivity index (χ1) is 13.2. The highest BCUT2D eigenvalue weighted by Crippen LogP contribution is 2.30. The lowest BCUT2D eigenvalue weighted by molar-refractivity contribution is 0.0955. The SMILES string of the molecule is CCc1ccc(CNC(=O)c2cc3c(C)nn(-c4ccccc4)c3s2)cc1. The Morgan fingerprint density at radius 1 is 1.07 bits per heavy atom. The normalized spacial score (nSPS) is 11.0. The van der Waals surface area contributed by atoms with Gasteiger partial charge in [0.25, 0.3) is 5.91 Å². The Bertz CT molecular complexity index is 1080. The van der Waals surface area contributed by atoms with Gasteiger partial charge in [0.05, 0.1) is 16.3 Å². The molecule has 2 heterocycles. The van der Waals surface area contributed by atoms with Crippen molar-refractivity contribution in [2.45, 2.75) is 26.8 Å². The average molecular weight is 375 g/mol. The van der Waals surface area contributed by atoms with Crippen molar-refractivity contribution in [3.05, 3.63) is 82.4 Å². The van der Waals surface area contributed by atoms with Gasteiger partial charge in [0.1, 0.15) is 4.83 Å². The van der Waals surface area contributed by atoms with Crippen LogP contribution in [0.25, 0.3) is 15.9 Å². The van der Waals surface area contributed by atoms with E-state index in [4.69, 9.17) is 0 Å². The number of rotatable bonds is 5. The molecule has 2 aromatic heterocycles. The number of hydrogen-bond acceptors (Lipinski definition) is 3. The Morgan fingerprint density at radius 2 is 1.78 bits per heavy atom. The third-order valence-corrected chi connectivity index (χ3v) is 5.76. The molecule has 0 bridgehead atoms. The molecule has 0 unspecified atom stereocenters. The zero-order chi connectivity index (χ0) is 18.8. The quantitative estimate of drug-likeness (QED) is 0.540. The molecule has 1 amide bonds. The minimum atomic E-state index is -0.0465. The van der Waals surface area contributed by atoms with E-state index >= 15 is 0 Å². The Hall–Kier alpha value is -2.92. The van der Waals surface area contributed by atoms with Gasteiger partial charge in [-0.15, -0.1) is 11.3 Å². The number of hydrogen-bond donors (Lipinski definition) is 1. The van der Waals surface area contributed by atoms with E-state index in [0.29, 0.717) is 11.4 Å². The van der Waals surface area contributed by atoms with Crippen LogP contribution >= 0.6 is 11.3 Å². The van der Waals surface area contributed by atoms with Crippen LogP contribution in [0, 0.1) is 6.92 Å². The maximum Gasteiger partial charge on any atom is 0.261 e. The van der Waals surface area contributed by atoms with Crippen molar-refractivity contribution in [3.63, 3.8) is 0 Å². The van der Waals surface area contributed by atoms with E-state index in [1.54, 1.807) is 0 Å². The summed E-state index contributed by atoms with van der Waals surface area (Å²) in [6.07, 6.45) is 1.02. The number of para-hydroxylation sites is 1. The lowest BCUT2D eigenvalue weighted by Gasteiger charge is -2.05. The van der Waals surface area contributed by atoms with Gasteiger partial charge in [-0.25, -0.2) is 4.68 Å². The largest absolute Gasteiger partial charge is 0.347 e. The van der Waals surface area contributed by atoms with Gasteiger partial charge in [-0.1, -0.05) is 49.4 Å². The summed E-state index contributed by atoms with van der Waals surface area (Å²) in [6.45, 7) is 4.64. The molecule has 0 aliphatic rings. The number of nitrogens with zero attached hydrogens (tertiary/aromatic N) is 2. The minimum absolute atomic E-state index is 0.0465. The van der Waals surface area contributed by atoms with Gasteiger partial charge in [0.15, 0.2) is 0 Å². The number of aromatic nitrogens is 2. The Kier molecular flexibility index (Phi) is 4.77. The Morgan fingerprint density at radius 3 is 2.48 bits per heavy atom. The first-order valence-corrected chi connectivity index (χ1v) is 9.88. The summed E-state index contributed by atoms with van der Waals surface area (Å²) in [5, 5.41) is 8.68. The van der Waals surface area contributed by atoms with Gasteiger partial charge >= 0.3 is 0 Å². The van der Waals surface area contributed by atoms with Crippen LogP contribution in [-0.2, 0) is 13.0 Å². The molecular weight excluding hydrogens is 354 g/mol. The van der Waals surface area contributed by atoms with E-state index in [2.05, 4.69) is 41.6 Å². The van der Waals surface area contributed by atoms with Gasteiger partial charge in [0, 0.05) is 11.9 Å². The van der Waals surface area contributed by atoms with Gasteiger partial charge in [-0.05, 0) is 42.7 Å². The van der Waals surface area contributed by atoms with Crippen molar-refractivity contribution in [1.29, 1.82) is 0 Å². The first-order valence-electron chi connectivity index (χ1n) is 9.06. The van der Waals surface area contributed by atoms with Crippen LogP contribution in [0.15, 0.2) is 60.7 Å². The molecule has 4 aromatic rings.